The van der Waals surface area contributed by atoms with E-state index in [0.29, 0.717) is 11.6 Å². The summed E-state index contributed by atoms with van der Waals surface area (Å²) in [5, 5.41) is 0. The number of carbonyl (C=O) groups is 1. The van der Waals surface area contributed by atoms with Crippen molar-refractivity contribution in [1.29, 1.82) is 0 Å². The van der Waals surface area contributed by atoms with Gasteiger partial charge in [-0.1, -0.05) is 25.2 Å². The Balaban J connectivity index is 2.60. The number of carbonyl (C=O) groups excluding carboxylic acids is 1. The molecule has 0 aromatic heterocycles. The van der Waals surface area contributed by atoms with E-state index in [1.165, 1.54) is 0 Å². The fourth-order valence-corrected chi connectivity index (χ4v) is 1.49. The van der Waals surface area contributed by atoms with Crippen LogP contribution in [0.15, 0.2) is 29.3 Å². The molecule has 0 bridgehead atoms. The molecule has 15 heavy (non-hydrogen) atoms. The lowest BCUT2D eigenvalue weighted by atomic mass is 10.0. The van der Waals surface area contributed by atoms with Crippen LogP contribution in [0.3, 0.4) is 0 Å². The molecule has 82 valence electrons. The van der Waals surface area contributed by atoms with Gasteiger partial charge in [-0.25, -0.2) is 0 Å². The number of likely N-dealkylation sites (tertiary alicyclic amines) is 1. The van der Waals surface area contributed by atoms with Crippen LogP contribution in [0, 0.1) is 5.92 Å². The molecule has 0 aromatic carbocycles. The Bertz CT molecular complexity index is 323. The largest absolute Gasteiger partial charge is 0.337 e. The molecule has 0 unspecified atom stereocenters. The van der Waals surface area contributed by atoms with Crippen LogP contribution in [0.4, 0.5) is 0 Å². The smallest absolute Gasteiger partial charge is 0.271 e. The van der Waals surface area contributed by atoms with Gasteiger partial charge in [-0.2, -0.15) is 0 Å². The molecule has 1 rings (SSSR count). The molecular formula is C12H18N2O. The van der Waals surface area contributed by atoms with Crippen LogP contribution in [-0.4, -0.2) is 36.7 Å². The molecule has 0 saturated carbocycles. The van der Waals surface area contributed by atoms with Gasteiger partial charge < -0.3 is 4.90 Å². The van der Waals surface area contributed by atoms with Crippen LogP contribution < -0.4 is 0 Å². The maximum atomic E-state index is 11.8. The van der Waals surface area contributed by atoms with Crippen molar-refractivity contribution in [1.82, 2.24) is 4.90 Å². The molecule has 0 aliphatic carbocycles. The van der Waals surface area contributed by atoms with E-state index in [4.69, 9.17) is 0 Å². The topological polar surface area (TPSA) is 32.7 Å². The van der Waals surface area contributed by atoms with E-state index in [1.54, 1.807) is 13.1 Å². The molecule has 1 heterocycles. The van der Waals surface area contributed by atoms with E-state index in [9.17, 15) is 4.79 Å². The van der Waals surface area contributed by atoms with Crippen molar-refractivity contribution >= 4 is 11.6 Å². The average molecular weight is 206 g/mol. The second-order valence-electron chi connectivity index (χ2n) is 4.10. The van der Waals surface area contributed by atoms with Crippen LogP contribution in [0.5, 0.6) is 0 Å². The molecule has 0 spiro atoms. The third kappa shape index (κ3) is 3.05. The van der Waals surface area contributed by atoms with Crippen LogP contribution in [0.25, 0.3) is 0 Å². The third-order valence-corrected chi connectivity index (χ3v) is 2.34. The zero-order chi connectivity index (χ0) is 11.4. The first-order chi connectivity index (χ1) is 7.04. The maximum Gasteiger partial charge on any atom is 0.271 e. The first-order valence-electron chi connectivity index (χ1n) is 5.14. The second-order valence-corrected chi connectivity index (χ2v) is 4.10. The first-order valence-corrected chi connectivity index (χ1v) is 5.14. The fraction of sp³-hybridized carbons (Fsp3) is 0.500. The zero-order valence-corrected chi connectivity index (χ0v) is 9.66. The SMILES string of the molecule is C=C(C)/C=C\C(=NC)C(=O)N1CC(C)C1. The number of nitrogens with zero attached hydrogens (tertiary/aromatic N) is 2. The summed E-state index contributed by atoms with van der Waals surface area (Å²) in [7, 11) is 1.64. The number of hydrogen-bond acceptors (Lipinski definition) is 2. The van der Waals surface area contributed by atoms with Gasteiger partial charge in [0.15, 0.2) is 0 Å². The van der Waals surface area contributed by atoms with E-state index in [-0.39, 0.29) is 5.91 Å². The van der Waals surface area contributed by atoms with Crippen LogP contribution in [0.2, 0.25) is 0 Å². The van der Waals surface area contributed by atoms with E-state index < -0.39 is 0 Å². The summed E-state index contributed by atoms with van der Waals surface area (Å²) in [5.74, 6) is 0.644. The number of rotatable bonds is 3. The van der Waals surface area contributed by atoms with Gasteiger partial charge in [-0.05, 0) is 18.9 Å². The second kappa shape index (κ2) is 4.91. The van der Waals surface area contributed by atoms with Crippen molar-refractivity contribution in [2.45, 2.75) is 13.8 Å². The molecular weight excluding hydrogens is 188 g/mol. The van der Waals surface area contributed by atoms with Crippen LogP contribution in [0.1, 0.15) is 13.8 Å². The average Bonchev–Trinajstić information content (AvgIpc) is 2.13. The lowest BCUT2D eigenvalue weighted by molar-refractivity contribution is -0.129. The molecule has 0 radical (unpaired) electrons. The minimum atomic E-state index is 0.0214. The van der Waals surface area contributed by atoms with E-state index >= 15 is 0 Å². The Kier molecular flexibility index (Phi) is 3.83. The van der Waals surface area contributed by atoms with Gasteiger partial charge in [0.2, 0.25) is 0 Å². The van der Waals surface area contributed by atoms with E-state index in [2.05, 4.69) is 18.5 Å². The molecule has 0 atom stereocenters. The van der Waals surface area contributed by atoms with Crippen molar-refractivity contribution in [3.05, 3.63) is 24.3 Å². The van der Waals surface area contributed by atoms with Crippen molar-refractivity contribution < 1.29 is 4.79 Å². The summed E-state index contributed by atoms with van der Waals surface area (Å²) >= 11 is 0. The van der Waals surface area contributed by atoms with Gasteiger partial charge in [0, 0.05) is 20.1 Å². The summed E-state index contributed by atoms with van der Waals surface area (Å²) in [6, 6.07) is 0. The maximum absolute atomic E-state index is 11.8. The lowest BCUT2D eigenvalue weighted by Gasteiger charge is -2.37. The highest BCUT2D eigenvalue weighted by Crippen LogP contribution is 2.14. The minimum absolute atomic E-state index is 0.0214. The quantitative estimate of drug-likeness (QED) is 0.510. The fourth-order valence-electron chi connectivity index (χ4n) is 1.49. The van der Waals surface area contributed by atoms with E-state index in [0.717, 1.165) is 18.7 Å². The Morgan fingerprint density at radius 1 is 1.47 bits per heavy atom. The van der Waals surface area contributed by atoms with Crippen molar-refractivity contribution in [3.8, 4) is 0 Å². The molecule has 3 nitrogen and oxygen atoms in total. The predicted molar refractivity (Wildman–Crippen MR) is 63.1 cm³/mol. The molecule has 3 heteroatoms. The predicted octanol–water partition coefficient (Wildman–Crippen LogP) is 1.67. The minimum Gasteiger partial charge on any atom is -0.337 e. The van der Waals surface area contributed by atoms with Crippen molar-refractivity contribution in [2.24, 2.45) is 10.9 Å². The number of allylic oxidation sites excluding steroid dienone is 2. The van der Waals surface area contributed by atoms with Gasteiger partial charge >= 0.3 is 0 Å². The van der Waals surface area contributed by atoms with Gasteiger partial charge in [0.05, 0.1) is 0 Å². The molecule has 1 amide bonds. The molecule has 1 aliphatic heterocycles. The van der Waals surface area contributed by atoms with E-state index in [1.807, 2.05) is 17.9 Å². The van der Waals surface area contributed by atoms with Gasteiger partial charge in [-0.3, -0.25) is 9.79 Å². The molecule has 1 saturated heterocycles. The number of hydrogen-bond donors (Lipinski definition) is 0. The summed E-state index contributed by atoms with van der Waals surface area (Å²) in [6.07, 6.45) is 3.54. The Labute approximate surface area is 91.2 Å². The number of amides is 1. The molecule has 1 fully saturated rings. The Hall–Kier alpha value is -1.38. The van der Waals surface area contributed by atoms with Gasteiger partial charge in [0.1, 0.15) is 5.71 Å². The monoisotopic (exact) mass is 206 g/mol. The summed E-state index contributed by atoms with van der Waals surface area (Å²) < 4.78 is 0. The van der Waals surface area contributed by atoms with Crippen molar-refractivity contribution in [3.63, 3.8) is 0 Å². The lowest BCUT2D eigenvalue weighted by Crippen LogP contribution is -2.50. The highest BCUT2D eigenvalue weighted by molar-refractivity contribution is 6.43. The third-order valence-electron chi connectivity index (χ3n) is 2.34. The normalized spacial score (nSPS) is 18.1. The number of aliphatic imine (C=N–C) groups is 1. The Morgan fingerprint density at radius 3 is 2.47 bits per heavy atom. The van der Waals surface area contributed by atoms with Crippen molar-refractivity contribution in [2.75, 3.05) is 20.1 Å². The zero-order valence-electron chi connectivity index (χ0n) is 9.66. The molecule has 0 N–H and O–H groups in total. The summed E-state index contributed by atoms with van der Waals surface area (Å²) in [6.45, 7) is 9.46. The standard InChI is InChI=1S/C12H18N2O/c1-9(2)5-6-11(13-4)12(15)14-7-10(3)8-14/h5-6,10H,1,7-8H2,2-4H3/b6-5-,13-11?. The molecule has 0 aromatic rings. The summed E-state index contributed by atoms with van der Waals surface area (Å²) in [5.41, 5.74) is 1.42. The van der Waals surface area contributed by atoms with Gasteiger partial charge in [-0.15, -0.1) is 0 Å². The van der Waals surface area contributed by atoms with Crippen LogP contribution >= 0.6 is 0 Å². The highest BCUT2D eigenvalue weighted by atomic mass is 16.2. The highest BCUT2D eigenvalue weighted by Gasteiger charge is 2.28. The Morgan fingerprint density at radius 2 is 2.07 bits per heavy atom. The summed E-state index contributed by atoms with van der Waals surface area (Å²) in [4.78, 5) is 17.6. The van der Waals surface area contributed by atoms with Crippen LogP contribution in [-0.2, 0) is 4.79 Å². The van der Waals surface area contributed by atoms with Gasteiger partial charge in [0.25, 0.3) is 5.91 Å². The molecule has 1 aliphatic rings. The first kappa shape index (κ1) is 11.7.